The fourth-order valence-electron chi connectivity index (χ4n) is 2.78. The maximum atomic E-state index is 12.0. The molecule has 1 aromatic carbocycles. The summed E-state index contributed by atoms with van der Waals surface area (Å²) >= 11 is 0. The number of nitrogens with zero attached hydrogens (tertiary/aromatic N) is 1. The van der Waals surface area contributed by atoms with Gasteiger partial charge in [-0.05, 0) is 48.9 Å². The molecule has 0 bridgehead atoms. The molecule has 0 aliphatic rings. The van der Waals surface area contributed by atoms with Crippen LogP contribution in [0, 0.1) is 0 Å². The van der Waals surface area contributed by atoms with Gasteiger partial charge in [-0.2, -0.15) is 4.98 Å². The molecule has 0 aliphatic heterocycles. The van der Waals surface area contributed by atoms with Gasteiger partial charge >= 0.3 is 5.97 Å². The molecule has 3 rings (SSSR count). The van der Waals surface area contributed by atoms with Crippen molar-refractivity contribution in [1.29, 1.82) is 0 Å². The highest BCUT2D eigenvalue weighted by molar-refractivity contribution is 5.87. The van der Waals surface area contributed by atoms with E-state index in [1.807, 2.05) is 12.1 Å². The third-order valence-electron chi connectivity index (χ3n) is 4.00. The number of H-pyrrole nitrogens is 2. The van der Waals surface area contributed by atoms with Crippen molar-refractivity contribution in [2.75, 3.05) is 5.73 Å². The zero-order valence-electron chi connectivity index (χ0n) is 13.0. The second-order valence-corrected chi connectivity index (χ2v) is 5.70. The van der Waals surface area contributed by atoms with E-state index in [9.17, 15) is 9.59 Å². The summed E-state index contributed by atoms with van der Waals surface area (Å²) in [4.78, 5) is 32.4. The zero-order chi connectivity index (χ0) is 17.1. The Morgan fingerprint density at radius 2 is 1.88 bits per heavy atom. The number of aryl methyl sites for hydroxylation is 2. The summed E-state index contributed by atoms with van der Waals surface area (Å²) in [6.45, 7) is 0. The topological polar surface area (TPSA) is 125 Å². The molecule has 0 spiro atoms. The molecule has 0 amide bonds. The molecule has 0 radical (unpaired) electrons. The van der Waals surface area contributed by atoms with Gasteiger partial charge in [0.2, 0.25) is 5.95 Å². The van der Waals surface area contributed by atoms with Crippen LogP contribution in [0.4, 0.5) is 5.95 Å². The maximum Gasteiger partial charge on any atom is 0.335 e. The SMILES string of the molecule is Nc1nc2[nH]cc(CCCCc3ccc(C(=O)O)cc3)c2c(=O)[nH]1. The number of benzene rings is 1. The van der Waals surface area contributed by atoms with E-state index in [4.69, 9.17) is 10.8 Å². The molecule has 7 heteroatoms. The normalized spacial score (nSPS) is 11.0. The number of hydrogen-bond acceptors (Lipinski definition) is 4. The van der Waals surface area contributed by atoms with Gasteiger partial charge in [-0.1, -0.05) is 12.1 Å². The minimum atomic E-state index is -0.916. The minimum absolute atomic E-state index is 0.103. The fourth-order valence-corrected chi connectivity index (χ4v) is 2.78. The van der Waals surface area contributed by atoms with Crippen molar-refractivity contribution >= 4 is 23.0 Å². The van der Waals surface area contributed by atoms with Crippen molar-refractivity contribution < 1.29 is 9.90 Å². The van der Waals surface area contributed by atoms with Crippen LogP contribution in [0.3, 0.4) is 0 Å². The predicted octanol–water partition coefficient (Wildman–Crippen LogP) is 2.10. The van der Waals surface area contributed by atoms with Crippen molar-refractivity contribution in [2.24, 2.45) is 0 Å². The number of rotatable bonds is 6. The van der Waals surface area contributed by atoms with Gasteiger partial charge < -0.3 is 15.8 Å². The summed E-state index contributed by atoms with van der Waals surface area (Å²) in [5.41, 5.74) is 8.14. The summed E-state index contributed by atoms with van der Waals surface area (Å²) in [7, 11) is 0. The highest BCUT2D eigenvalue weighted by Gasteiger charge is 2.09. The van der Waals surface area contributed by atoms with E-state index in [1.54, 1.807) is 18.3 Å². The Morgan fingerprint density at radius 3 is 2.58 bits per heavy atom. The number of nitrogens with two attached hydrogens (primary N) is 1. The van der Waals surface area contributed by atoms with Crippen LogP contribution in [-0.2, 0) is 12.8 Å². The van der Waals surface area contributed by atoms with Gasteiger partial charge in [-0.3, -0.25) is 9.78 Å². The number of carboxylic acid groups (broad SMARTS) is 1. The van der Waals surface area contributed by atoms with Crippen LogP contribution >= 0.6 is 0 Å². The van der Waals surface area contributed by atoms with Crippen LogP contribution in [0.15, 0.2) is 35.3 Å². The Balaban J connectivity index is 1.59. The van der Waals surface area contributed by atoms with E-state index in [-0.39, 0.29) is 11.5 Å². The zero-order valence-corrected chi connectivity index (χ0v) is 13.0. The monoisotopic (exact) mass is 326 g/mol. The molecule has 2 heterocycles. The van der Waals surface area contributed by atoms with Gasteiger partial charge in [0.1, 0.15) is 5.65 Å². The summed E-state index contributed by atoms with van der Waals surface area (Å²) in [5, 5.41) is 9.44. The average Bonchev–Trinajstić information content (AvgIpc) is 2.95. The third kappa shape index (κ3) is 3.29. The number of hydrogen-bond donors (Lipinski definition) is 4. The van der Waals surface area contributed by atoms with Crippen LogP contribution in [0.5, 0.6) is 0 Å². The number of aromatic carboxylic acids is 1. The third-order valence-corrected chi connectivity index (χ3v) is 4.00. The molecular weight excluding hydrogens is 308 g/mol. The van der Waals surface area contributed by atoms with E-state index in [0.717, 1.165) is 36.8 Å². The number of aromatic amines is 2. The van der Waals surface area contributed by atoms with Crippen molar-refractivity contribution in [2.45, 2.75) is 25.7 Å². The van der Waals surface area contributed by atoms with Crippen LogP contribution in [0.1, 0.15) is 34.3 Å². The lowest BCUT2D eigenvalue weighted by Gasteiger charge is -2.03. The number of anilines is 1. The van der Waals surface area contributed by atoms with Crippen LogP contribution < -0.4 is 11.3 Å². The maximum absolute atomic E-state index is 12.0. The predicted molar refractivity (Wildman–Crippen MR) is 91.2 cm³/mol. The molecular formula is C17H18N4O3. The number of aromatic nitrogens is 3. The Bertz CT molecular complexity index is 925. The van der Waals surface area contributed by atoms with Crippen LogP contribution in [-0.4, -0.2) is 26.0 Å². The molecule has 0 saturated carbocycles. The second kappa shape index (κ2) is 6.57. The highest BCUT2D eigenvalue weighted by atomic mass is 16.4. The molecule has 0 saturated heterocycles. The van der Waals surface area contributed by atoms with E-state index in [2.05, 4.69) is 15.0 Å². The van der Waals surface area contributed by atoms with Crippen molar-refractivity contribution in [3.63, 3.8) is 0 Å². The lowest BCUT2D eigenvalue weighted by atomic mass is 10.0. The molecule has 5 N–H and O–H groups in total. The molecule has 0 fully saturated rings. The molecule has 0 unspecified atom stereocenters. The number of fused-ring (bicyclic) bond motifs is 1. The van der Waals surface area contributed by atoms with E-state index < -0.39 is 5.97 Å². The fraction of sp³-hybridized carbons (Fsp3) is 0.235. The standard InChI is InChI=1S/C17H18N4O3/c18-17-20-14-13(15(22)21-17)12(9-19-14)4-2-1-3-10-5-7-11(8-6-10)16(23)24/h5-9H,1-4H2,(H,23,24)(H4,18,19,20,21,22). The van der Waals surface area contributed by atoms with E-state index in [0.29, 0.717) is 16.6 Å². The van der Waals surface area contributed by atoms with Crippen molar-refractivity contribution in [3.05, 3.63) is 57.5 Å². The molecule has 7 nitrogen and oxygen atoms in total. The number of carbonyl (C=O) groups is 1. The van der Waals surface area contributed by atoms with Gasteiger partial charge in [0.25, 0.3) is 5.56 Å². The molecule has 3 aromatic rings. The first-order valence-electron chi connectivity index (χ1n) is 7.72. The minimum Gasteiger partial charge on any atom is -0.478 e. The summed E-state index contributed by atoms with van der Waals surface area (Å²) in [5.74, 6) is -0.814. The number of carboxylic acids is 1. The van der Waals surface area contributed by atoms with Gasteiger partial charge in [-0.25, -0.2) is 4.79 Å². The highest BCUT2D eigenvalue weighted by Crippen LogP contribution is 2.16. The molecule has 24 heavy (non-hydrogen) atoms. The largest absolute Gasteiger partial charge is 0.478 e. The summed E-state index contributed by atoms with van der Waals surface area (Å²) in [6.07, 6.45) is 5.29. The van der Waals surface area contributed by atoms with Crippen molar-refractivity contribution in [1.82, 2.24) is 15.0 Å². The summed E-state index contributed by atoms with van der Waals surface area (Å²) < 4.78 is 0. The lowest BCUT2D eigenvalue weighted by molar-refractivity contribution is 0.0697. The smallest absolute Gasteiger partial charge is 0.335 e. The van der Waals surface area contributed by atoms with Gasteiger partial charge in [0.15, 0.2) is 0 Å². The number of nitrogens with one attached hydrogen (secondary N) is 2. The van der Waals surface area contributed by atoms with Crippen LogP contribution in [0.2, 0.25) is 0 Å². The Morgan fingerprint density at radius 1 is 1.17 bits per heavy atom. The number of nitrogen functional groups attached to an aromatic ring is 1. The van der Waals surface area contributed by atoms with E-state index >= 15 is 0 Å². The molecule has 0 aliphatic carbocycles. The second-order valence-electron chi connectivity index (χ2n) is 5.70. The Labute approximate surface area is 137 Å². The van der Waals surface area contributed by atoms with Gasteiger partial charge in [-0.15, -0.1) is 0 Å². The average molecular weight is 326 g/mol. The Hall–Kier alpha value is -3.09. The molecule has 0 atom stereocenters. The molecule has 124 valence electrons. The van der Waals surface area contributed by atoms with E-state index in [1.165, 1.54) is 0 Å². The first-order valence-corrected chi connectivity index (χ1v) is 7.72. The first kappa shape index (κ1) is 15.8. The van der Waals surface area contributed by atoms with Gasteiger partial charge in [0.05, 0.1) is 10.9 Å². The van der Waals surface area contributed by atoms with Gasteiger partial charge in [0, 0.05) is 6.20 Å². The lowest BCUT2D eigenvalue weighted by Crippen LogP contribution is -2.11. The van der Waals surface area contributed by atoms with Crippen molar-refractivity contribution in [3.8, 4) is 0 Å². The Kier molecular flexibility index (Phi) is 4.33. The molecule has 2 aromatic heterocycles. The summed E-state index contributed by atoms with van der Waals surface area (Å²) in [6, 6.07) is 6.92. The number of unbranched alkanes of at least 4 members (excludes halogenated alkanes) is 1. The quantitative estimate of drug-likeness (QED) is 0.516. The van der Waals surface area contributed by atoms with Crippen LogP contribution in [0.25, 0.3) is 11.0 Å². The first-order chi connectivity index (χ1) is 11.5.